The fraction of sp³-hybridized carbons (Fsp3) is 0.529. The minimum Gasteiger partial charge on any atom is -0.480 e. The van der Waals surface area contributed by atoms with E-state index in [1.54, 1.807) is 5.48 Å². The van der Waals surface area contributed by atoms with Crippen LogP contribution in [0.2, 0.25) is 0 Å². The number of rotatable bonds is 9. The molecule has 0 saturated carbocycles. The van der Waals surface area contributed by atoms with Crippen molar-refractivity contribution in [2.75, 3.05) is 0 Å². The fourth-order valence-electron chi connectivity index (χ4n) is 2.40. The van der Waals surface area contributed by atoms with Gasteiger partial charge >= 0.3 is 5.97 Å². The number of carboxylic acids is 1. The number of carbonyl (C=O) groups excluding carboxylic acids is 1. The van der Waals surface area contributed by atoms with Gasteiger partial charge in [0, 0.05) is 12.5 Å². The first kappa shape index (κ1) is 19.1. The van der Waals surface area contributed by atoms with E-state index in [1.807, 2.05) is 45.0 Å². The van der Waals surface area contributed by atoms with Crippen molar-refractivity contribution in [3.63, 3.8) is 0 Å². The lowest BCUT2D eigenvalue weighted by Gasteiger charge is -2.22. The number of hydroxylamine groups is 1. The molecule has 0 fully saturated rings. The maximum Gasteiger partial charge on any atom is 0.320 e. The van der Waals surface area contributed by atoms with E-state index in [2.05, 4.69) is 5.32 Å². The fourth-order valence-corrected chi connectivity index (χ4v) is 2.40. The van der Waals surface area contributed by atoms with Crippen molar-refractivity contribution in [3.05, 3.63) is 35.4 Å². The van der Waals surface area contributed by atoms with Crippen molar-refractivity contribution in [2.45, 2.75) is 52.1 Å². The lowest BCUT2D eigenvalue weighted by molar-refractivity contribution is -0.140. The number of carboxylic acid groups (broad SMARTS) is 1. The third kappa shape index (κ3) is 6.80. The Morgan fingerprint density at radius 3 is 2.22 bits per heavy atom. The van der Waals surface area contributed by atoms with Crippen LogP contribution in [0.25, 0.3) is 0 Å². The van der Waals surface area contributed by atoms with Crippen LogP contribution in [0.4, 0.5) is 0 Å². The number of nitrogens with one attached hydrogen (secondary N) is 2. The summed E-state index contributed by atoms with van der Waals surface area (Å²) in [6.07, 6.45) is 1.34. The molecule has 0 aromatic heterocycles. The molecular formula is C17H26N2O4. The summed E-state index contributed by atoms with van der Waals surface area (Å²) in [5, 5.41) is 20.9. The quantitative estimate of drug-likeness (QED) is 0.413. The lowest BCUT2D eigenvalue weighted by Crippen LogP contribution is -2.39. The highest BCUT2D eigenvalue weighted by Crippen LogP contribution is 2.17. The average Bonchev–Trinajstić information content (AvgIpc) is 2.51. The Labute approximate surface area is 136 Å². The summed E-state index contributed by atoms with van der Waals surface area (Å²) in [6.45, 7) is 5.93. The van der Waals surface area contributed by atoms with E-state index in [-0.39, 0.29) is 12.5 Å². The van der Waals surface area contributed by atoms with Crippen molar-refractivity contribution >= 4 is 11.9 Å². The second-order valence-electron chi connectivity index (χ2n) is 6.19. The van der Waals surface area contributed by atoms with E-state index in [1.165, 1.54) is 0 Å². The molecular weight excluding hydrogens is 296 g/mol. The predicted molar refractivity (Wildman–Crippen MR) is 87.1 cm³/mol. The van der Waals surface area contributed by atoms with Crippen LogP contribution in [0.1, 0.15) is 50.8 Å². The van der Waals surface area contributed by atoms with E-state index in [9.17, 15) is 14.7 Å². The number of carbonyl (C=O) groups is 2. The van der Waals surface area contributed by atoms with E-state index < -0.39 is 17.9 Å². The molecule has 128 valence electrons. The van der Waals surface area contributed by atoms with Crippen molar-refractivity contribution in [1.29, 1.82) is 0 Å². The first-order valence-electron chi connectivity index (χ1n) is 7.84. The molecule has 1 aromatic carbocycles. The Balaban J connectivity index is 2.63. The van der Waals surface area contributed by atoms with Crippen molar-refractivity contribution in [1.82, 2.24) is 10.8 Å². The molecule has 0 bridgehead atoms. The van der Waals surface area contributed by atoms with Crippen molar-refractivity contribution < 1.29 is 19.9 Å². The lowest BCUT2D eigenvalue weighted by atomic mass is 10.00. The van der Waals surface area contributed by atoms with Gasteiger partial charge in [-0.1, -0.05) is 38.1 Å². The van der Waals surface area contributed by atoms with Crippen LogP contribution in [0.3, 0.4) is 0 Å². The molecule has 1 unspecified atom stereocenters. The molecule has 6 heteroatoms. The Bertz CT molecular complexity index is 514. The molecule has 0 saturated heterocycles. The van der Waals surface area contributed by atoms with E-state index in [4.69, 9.17) is 5.21 Å². The number of hydrogen-bond acceptors (Lipinski definition) is 4. The molecule has 1 amide bonds. The van der Waals surface area contributed by atoms with Crippen molar-refractivity contribution in [3.8, 4) is 0 Å². The Morgan fingerprint density at radius 1 is 1.13 bits per heavy atom. The molecule has 0 radical (unpaired) electrons. The van der Waals surface area contributed by atoms with Gasteiger partial charge in [0.05, 0.1) is 0 Å². The Hall–Kier alpha value is -1.92. The minimum absolute atomic E-state index is 0.0790. The molecule has 6 nitrogen and oxygen atoms in total. The van der Waals surface area contributed by atoms with Crippen LogP contribution in [-0.2, 0) is 16.0 Å². The Morgan fingerprint density at radius 2 is 1.74 bits per heavy atom. The second kappa shape index (κ2) is 9.27. The highest BCUT2D eigenvalue weighted by Gasteiger charge is 2.21. The number of aryl methyl sites for hydroxylation is 1. The monoisotopic (exact) mass is 322 g/mol. The smallest absolute Gasteiger partial charge is 0.320 e. The van der Waals surface area contributed by atoms with Crippen LogP contribution >= 0.6 is 0 Å². The van der Waals surface area contributed by atoms with Gasteiger partial charge in [-0.15, -0.1) is 0 Å². The highest BCUT2D eigenvalue weighted by molar-refractivity contribution is 5.74. The van der Waals surface area contributed by atoms with E-state index >= 15 is 0 Å². The zero-order chi connectivity index (χ0) is 17.4. The maximum atomic E-state index is 11.3. The van der Waals surface area contributed by atoms with Crippen LogP contribution in [0, 0.1) is 5.92 Å². The van der Waals surface area contributed by atoms with Crippen LogP contribution < -0.4 is 10.8 Å². The summed E-state index contributed by atoms with van der Waals surface area (Å²) in [7, 11) is 0. The van der Waals surface area contributed by atoms with Gasteiger partial charge in [0.1, 0.15) is 6.04 Å². The third-order valence-electron chi connectivity index (χ3n) is 3.70. The number of benzene rings is 1. The van der Waals surface area contributed by atoms with Crippen LogP contribution in [0.5, 0.6) is 0 Å². The van der Waals surface area contributed by atoms with Crippen molar-refractivity contribution in [2.24, 2.45) is 5.92 Å². The first-order chi connectivity index (χ1) is 10.8. The molecule has 4 N–H and O–H groups in total. The number of hydrogen-bond donors (Lipinski definition) is 4. The molecule has 2 atom stereocenters. The SMILES string of the molecule is CC(C)C[C@@H](NC(C)c1ccc(CCC(=O)NO)cc1)C(=O)O. The molecule has 0 aliphatic rings. The zero-order valence-electron chi connectivity index (χ0n) is 13.9. The normalized spacial score (nSPS) is 13.6. The summed E-state index contributed by atoms with van der Waals surface area (Å²) >= 11 is 0. The summed E-state index contributed by atoms with van der Waals surface area (Å²) < 4.78 is 0. The van der Waals surface area contributed by atoms with Gasteiger partial charge in [-0.25, -0.2) is 5.48 Å². The topological polar surface area (TPSA) is 98.7 Å². The van der Waals surface area contributed by atoms with Gasteiger partial charge in [-0.2, -0.15) is 0 Å². The van der Waals surface area contributed by atoms with Gasteiger partial charge in [-0.3, -0.25) is 20.1 Å². The first-order valence-corrected chi connectivity index (χ1v) is 7.84. The van der Waals surface area contributed by atoms with Crippen LogP contribution in [0.15, 0.2) is 24.3 Å². The number of aliphatic carboxylic acids is 1. The predicted octanol–water partition coefficient (Wildman–Crippen LogP) is 2.27. The summed E-state index contributed by atoms with van der Waals surface area (Å²) in [5.74, 6) is -0.949. The number of amides is 1. The summed E-state index contributed by atoms with van der Waals surface area (Å²) in [5.41, 5.74) is 3.59. The van der Waals surface area contributed by atoms with Crippen LogP contribution in [-0.4, -0.2) is 28.2 Å². The Kier molecular flexibility index (Phi) is 7.71. The van der Waals surface area contributed by atoms with E-state index in [0.29, 0.717) is 18.8 Å². The molecule has 1 aromatic rings. The third-order valence-corrected chi connectivity index (χ3v) is 3.70. The maximum absolute atomic E-state index is 11.3. The second-order valence-corrected chi connectivity index (χ2v) is 6.19. The molecule has 1 rings (SSSR count). The van der Waals surface area contributed by atoms with E-state index in [0.717, 1.165) is 11.1 Å². The summed E-state index contributed by atoms with van der Waals surface area (Å²) in [4.78, 5) is 22.3. The molecule has 0 aliphatic heterocycles. The standard InChI is InChI=1S/C17H26N2O4/c1-11(2)10-15(17(21)22)18-12(3)14-7-4-13(5-8-14)6-9-16(20)19-23/h4-5,7-8,11-12,15,18,23H,6,9-10H2,1-3H3,(H,19,20)(H,21,22)/t12?,15-/m1/s1. The van der Waals surface area contributed by atoms with Gasteiger partial charge in [0.2, 0.25) is 5.91 Å². The molecule has 23 heavy (non-hydrogen) atoms. The minimum atomic E-state index is -0.836. The van der Waals surface area contributed by atoms with Gasteiger partial charge in [0.25, 0.3) is 0 Å². The van der Waals surface area contributed by atoms with Gasteiger partial charge < -0.3 is 5.11 Å². The zero-order valence-corrected chi connectivity index (χ0v) is 13.9. The molecule has 0 spiro atoms. The average molecular weight is 322 g/mol. The molecule has 0 heterocycles. The van der Waals surface area contributed by atoms with Gasteiger partial charge in [-0.05, 0) is 36.8 Å². The molecule has 0 aliphatic carbocycles. The largest absolute Gasteiger partial charge is 0.480 e. The highest BCUT2D eigenvalue weighted by atomic mass is 16.5. The van der Waals surface area contributed by atoms with Gasteiger partial charge in [0.15, 0.2) is 0 Å². The summed E-state index contributed by atoms with van der Waals surface area (Å²) in [6, 6.07) is 7.03.